The summed E-state index contributed by atoms with van der Waals surface area (Å²) in [5.74, 6) is -1.83. The Morgan fingerprint density at radius 1 is 1.60 bits per heavy atom. The van der Waals surface area contributed by atoms with Gasteiger partial charge in [-0.05, 0) is 13.0 Å². The fourth-order valence-electron chi connectivity index (χ4n) is 0.346. The zero-order valence-electron chi connectivity index (χ0n) is 5.93. The molecular weight excluding hydrogens is 135 g/mol. The Bertz CT molecular complexity index is 170. The highest BCUT2D eigenvalue weighted by molar-refractivity contribution is 5.86. The molecule has 0 fully saturated rings. The number of methoxy groups -OCH3 is 1. The van der Waals surface area contributed by atoms with Crippen LogP contribution in [0.1, 0.15) is 6.92 Å². The van der Waals surface area contributed by atoms with E-state index in [2.05, 4.69) is 4.74 Å². The van der Waals surface area contributed by atoms with Crippen LogP contribution < -0.4 is 0 Å². The Hall–Kier alpha value is -1.12. The van der Waals surface area contributed by atoms with Crippen LogP contribution in [0.25, 0.3) is 0 Å². The van der Waals surface area contributed by atoms with E-state index in [1.54, 1.807) is 13.0 Å². The molecule has 0 N–H and O–H groups in total. The summed E-state index contributed by atoms with van der Waals surface area (Å²) in [7, 11) is 1.13. The lowest BCUT2D eigenvalue weighted by molar-refractivity contribution is -0.137. The molecule has 10 heavy (non-hydrogen) atoms. The third kappa shape index (κ3) is 3.02. The Morgan fingerprint density at radius 2 is 2.20 bits per heavy atom. The second-order valence-electron chi connectivity index (χ2n) is 1.53. The summed E-state index contributed by atoms with van der Waals surface area (Å²) in [6.45, 7) is 1.72. The van der Waals surface area contributed by atoms with Crippen molar-refractivity contribution >= 4 is 5.97 Å². The molecular formula is C7H9FO2. The maximum absolute atomic E-state index is 12.3. The van der Waals surface area contributed by atoms with Crippen LogP contribution in [0.15, 0.2) is 24.1 Å². The molecule has 0 unspecified atom stereocenters. The highest BCUT2D eigenvalue weighted by atomic mass is 19.1. The molecule has 0 radical (unpaired) electrons. The third-order valence-electron chi connectivity index (χ3n) is 0.815. The molecule has 0 aromatic carbocycles. The van der Waals surface area contributed by atoms with Gasteiger partial charge in [0, 0.05) is 0 Å². The van der Waals surface area contributed by atoms with E-state index >= 15 is 0 Å². The number of carbonyl (C=O) groups excluding carboxylic acids is 1. The molecule has 0 aromatic rings. The summed E-state index contributed by atoms with van der Waals surface area (Å²) >= 11 is 0. The minimum atomic E-state index is -0.946. The van der Waals surface area contributed by atoms with Crippen molar-refractivity contribution in [3.05, 3.63) is 24.1 Å². The highest BCUT2D eigenvalue weighted by Crippen LogP contribution is 1.98. The monoisotopic (exact) mass is 144 g/mol. The predicted octanol–water partition coefficient (Wildman–Crippen LogP) is 1.59. The summed E-state index contributed by atoms with van der Waals surface area (Å²) in [6.07, 6.45) is 4.08. The first-order valence-electron chi connectivity index (χ1n) is 2.79. The molecule has 0 heterocycles. The summed E-state index contributed by atoms with van der Waals surface area (Å²) < 4.78 is 16.4. The molecule has 0 aliphatic rings. The van der Waals surface area contributed by atoms with Gasteiger partial charge in [0.15, 0.2) is 0 Å². The van der Waals surface area contributed by atoms with Gasteiger partial charge in [0.1, 0.15) is 0 Å². The molecule has 0 rings (SSSR count). The van der Waals surface area contributed by atoms with Gasteiger partial charge >= 0.3 is 5.97 Å². The predicted molar refractivity (Wildman–Crippen MR) is 36.0 cm³/mol. The maximum atomic E-state index is 12.3. The van der Waals surface area contributed by atoms with Crippen molar-refractivity contribution in [2.45, 2.75) is 6.92 Å². The number of hydrogen-bond acceptors (Lipinski definition) is 2. The van der Waals surface area contributed by atoms with E-state index in [1.165, 1.54) is 6.08 Å². The summed E-state index contributed by atoms with van der Waals surface area (Å²) in [4.78, 5) is 10.3. The van der Waals surface area contributed by atoms with Crippen molar-refractivity contribution in [2.24, 2.45) is 0 Å². The van der Waals surface area contributed by atoms with Gasteiger partial charge in [-0.25, -0.2) is 4.79 Å². The molecule has 0 aromatic heterocycles. The van der Waals surface area contributed by atoms with E-state index in [0.29, 0.717) is 0 Å². The average Bonchev–Trinajstić information content (AvgIpc) is 1.98. The van der Waals surface area contributed by atoms with Crippen LogP contribution in [0.5, 0.6) is 0 Å². The molecule has 0 amide bonds. The molecule has 0 aliphatic carbocycles. The van der Waals surface area contributed by atoms with Crippen LogP contribution >= 0.6 is 0 Å². The summed E-state index contributed by atoms with van der Waals surface area (Å²) in [5.41, 5.74) is 0. The van der Waals surface area contributed by atoms with Crippen LogP contribution in [0.2, 0.25) is 0 Å². The number of halogens is 1. The Morgan fingerprint density at radius 3 is 2.60 bits per heavy atom. The number of rotatable bonds is 2. The van der Waals surface area contributed by atoms with Crippen molar-refractivity contribution in [3.8, 4) is 0 Å². The third-order valence-corrected chi connectivity index (χ3v) is 0.815. The number of carbonyl (C=O) groups is 1. The Balaban J connectivity index is 4.05. The molecule has 0 atom stereocenters. The number of ether oxygens (including phenoxy) is 1. The molecule has 0 saturated heterocycles. The second-order valence-corrected chi connectivity index (χ2v) is 1.53. The maximum Gasteiger partial charge on any atom is 0.366 e. The van der Waals surface area contributed by atoms with Crippen LogP contribution in [0.4, 0.5) is 4.39 Å². The first-order valence-corrected chi connectivity index (χ1v) is 2.79. The van der Waals surface area contributed by atoms with Gasteiger partial charge in [-0.15, -0.1) is 0 Å². The standard InChI is InChI=1S/C7H9FO2/c1-3-4-5-6(8)7(9)10-2/h3-5H,1-2H3/b4-3+,6-5+. The smallest absolute Gasteiger partial charge is 0.366 e. The first kappa shape index (κ1) is 8.88. The van der Waals surface area contributed by atoms with Gasteiger partial charge in [-0.3, -0.25) is 0 Å². The minimum absolute atomic E-state index is 0.888. The van der Waals surface area contributed by atoms with Gasteiger partial charge in [-0.1, -0.05) is 12.2 Å². The summed E-state index contributed by atoms with van der Waals surface area (Å²) in [6, 6.07) is 0. The van der Waals surface area contributed by atoms with Crippen molar-refractivity contribution in [2.75, 3.05) is 7.11 Å². The fraction of sp³-hybridized carbons (Fsp3) is 0.286. The van der Waals surface area contributed by atoms with E-state index in [-0.39, 0.29) is 0 Å². The Labute approximate surface area is 59.0 Å². The first-order chi connectivity index (χ1) is 4.72. The van der Waals surface area contributed by atoms with Gasteiger partial charge in [0.05, 0.1) is 7.11 Å². The number of esters is 1. The second kappa shape index (κ2) is 4.73. The van der Waals surface area contributed by atoms with E-state index in [9.17, 15) is 9.18 Å². The van der Waals surface area contributed by atoms with E-state index in [4.69, 9.17) is 0 Å². The van der Waals surface area contributed by atoms with Crippen LogP contribution in [-0.4, -0.2) is 13.1 Å². The van der Waals surface area contributed by atoms with Gasteiger partial charge in [0.2, 0.25) is 5.83 Å². The van der Waals surface area contributed by atoms with Gasteiger partial charge in [-0.2, -0.15) is 4.39 Å². The van der Waals surface area contributed by atoms with Crippen molar-refractivity contribution in [1.29, 1.82) is 0 Å². The molecule has 56 valence electrons. The lowest BCUT2D eigenvalue weighted by Gasteiger charge is -1.90. The molecule has 2 nitrogen and oxygen atoms in total. The van der Waals surface area contributed by atoms with Gasteiger partial charge in [0.25, 0.3) is 0 Å². The number of hydrogen-bond donors (Lipinski definition) is 0. The molecule has 0 bridgehead atoms. The minimum Gasteiger partial charge on any atom is -0.464 e. The zero-order valence-corrected chi connectivity index (χ0v) is 5.93. The number of allylic oxidation sites excluding steroid dienone is 3. The lowest BCUT2D eigenvalue weighted by Crippen LogP contribution is -1.99. The molecule has 3 heteroatoms. The van der Waals surface area contributed by atoms with E-state index in [1.807, 2.05) is 0 Å². The fourth-order valence-corrected chi connectivity index (χ4v) is 0.346. The average molecular weight is 144 g/mol. The van der Waals surface area contributed by atoms with E-state index in [0.717, 1.165) is 13.2 Å². The van der Waals surface area contributed by atoms with E-state index < -0.39 is 11.8 Å². The van der Waals surface area contributed by atoms with Crippen LogP contribution in [0.3, 0.4) is 0 Å². The summed E-state index contributed by atoms with van der Waals surface area (Å²) in [5, 5.41) is 0. The SMILES string of the molecule is C/C=C/C=C(/F)C(=O)OC. The molecule has 0 spiro atoms. The lowest BCUT2D eigenvalue weighted by atomic mass is 10.4. The normalized spacial score (nSPS) is 12.1. The van der Waals surface area contributed by atoms with Crippen molar-refractivity contribution < 1.29 is 13.9 Å². The van der Waals surface area contributed by atoms with Crippen LogP contribution in [0, 0.1) is 0 Å². The topological polar surface area (TPSA) is 26.3 Å². The van der Waals surface area contributed by atoms with Crippen LogP contribution in [-0.2, 0) is 9.53 Å². The molecule has 0 saturated carbocycles. The molecule has 0 aliphatic heterocycles. The highest BCUT2D eigenvalue weighted by Gasteiger charge is 2.04. The quantitative estimate of drug-likeness (QED) is 0.334. The van der Waals surface area contributed by atoms with Crippen molar-refractivity contribution in [3.63, 3.8) is 0 Å². The van der Waals surface area contributed by atoms with Crippen molar-refractivity contribution in [1.82, 2.24) is 0 Å². The van der Waals surface area contributed by atoms with Gasteiger partial charge < -0.3 is 4.74 Å². The zero-order chi connectivity index (χ0) is 7.98. The Kier molecular flexibility index (Phi) is 4.20. The largest absolute Gasteiger partial charge is 0.464 e.